The summed E-state index contributed by atoms with van der Waals surface area (Å²) in [5, 5.41) is 0. The molecule has 0 radical (unpaired) electrons. The van der Waals surface area contributed by atoms with Crippen LogP contribution in [0.3, 0.4) is 0 Å². The van der Waals surface area contributed by atoms with E-state index in [0.717, 1.165) is 43.0 Å². The predicted octanol–water partition coefficient (Wildman–Crippen LogP) is 2.35. The smallest absolute Gasteiger partial charge is 0.243 e. The number of rotatable bonds is 4. The lowest BCUT2D eigenvalue weighted by molar-refractivity contribution is -0.0108. The Morgan fingerprint density at radius 1 is 1.04 bits per heavy atom. The summed E-state index contributed by atoms with van der Waals surface area (Å²) in [5.74, 6) is 0. The summed E-state index contributed by atoms with van der Waals surface area (Å²) in [7, 11) is -3.39. The third-order valence-electron chi connectivity index (χ3n) is 5.13. The zero-order valence-corrected chi connectivity index (χ0v) is 15.4. The molecule has 1 aromatic carbocycles. The van der Waals surface area contributed by atoms with Crippen molar-refractivity contribution in [2.45, 2.75) is 43.8 Å². The lowest BCUT2D eigenvalue weighted by Crippen LogP contribution is -2.69. The van der Waals surface area contributed by atoms with Gasteiger partial charge in [0.2, 0.25) is 10.0 Å². The van der Waals surface area contributed by atoms with Gasteiger partial charge in [0.1, 0.15) is 0 Å². The van der Waals surface area contributed by atoms with Crippen LogP contribution in [-0.4, -0.2) is 47.8 Å². The van der Waals surface area contributed by atoms with Crippen LogP contribution in [0.1, 0.15) is 23.4 Å². The number of hydrogen-bond acceptors (Lipinski definition) is 4. The lowest BCUT2D eigenvalue weighted by atomic mass is 9.91. The van der Waals surface area contributed by atoms with Gasteiger partial charge < -0.3 is 0 Å². The third-order valence-corrected chi connectivity index (χ3v) is 7.15. The first-order valence-electron chi connectivity index (χ1n) is 8.68. The number of nitrogens with zero attached hydrogens (tertiary/aromatic N) is 3. The summed E-state index contributed by atoms with van der Waals surface area (Å²) in [4.78, 5) is 7.28. The second kappa shape index (κ2) is 6.20. The van der Waals surface area contributed by atoms with Crippen molar-refractivity contribution in [1.82, 2.24) is 14.2 Å². The van der Waals surface area contributed by atoms with Gasteiger partial charge in [-0.1, -0.05) is 23.8 Å². The Balaban J connectivity index is 1.47. The molecule has 5 rings (SSSR count). The number of sulfonamides is 1. The minimum Gasteiger partial charge on any atom is -0.294 e. The van der Waals surface area contributed by atoms with Gasteiger partial charge in [-0.05, 0) is 44.5 Å². The molecule has 2 bridgehead atoms. The van der Waals surface area contributed by atoms with Gasteiger partial charge in [0.25, 0.3) is 0 Å². The number of aromatic nitrogens is 1. The van der Waals surface area contributed by atoms with Crippen molar-refractivity contribution < 1.29 is 8.42 Å². The summed E-state index contributed by atoms with van der Waals surface area (Å²) < 4.78 is 27.6. The first-order valence-corrected chi connectivity index (χ1v) is 10.1. The molecule has 0 amide bonds. The van der Waals surface area contributed by atoms with Crippen LogP contribution in [0.25, 0.3) is 0 Å². The standard InChI is InChI=1S/C19H23N3O2S/c1-14-6-8-19(9-7-14)25(23,24)22-17-10-18(22)13-21(12-17)11-16-5-3-4-15(2)20-16/h3-9,17-18H,10-13H2,1-2H3. The van der Waals surface area contributed by atoms with E-state index in [0.29, 0.717) is 4.90 Å². The van der Waals surface area contributed by atoms with Gasteiger partial charge >= 0.3 is 0 Å². The highest BCUT2D eigenvalue weighted by Crippen LogP contribution is 2.37. The molecule has 6 heteroatoms. The molecule has 0 spiro atoms. The van der Waals surface area contributed by atoms with Gasteiger partial charge in [0.05, 0.1) is 10.6 Å². The van der Waals surface area contributed by atoms with Crippen LogP contribution in [0.5, 0.6) is 0 Å². The second-order valence-electron chi connectivity index (χ2n) is 7.16. The number of fused-ring (bicyclic) bond motifs is 2. The summed E-state index contributed by atoms with van der Waals surface area (Å²) in [6.45, 7) is 6.29. The van der Waals surface area contributed by atoms with E-state index in [1.165, 1.54) is 0 Å². The van der Waals surface area contributed by atoms with E-state index in [2.05, 4.69) is 9.88 Å². The average molecular weight is 357 g/mol. The normalized spacial score (nSPS) is 24.1. The largest absolute Gasteiger partial charge is 0.294 e. The van der Waals surface area contributed by atoms with Crippen LogP contribution in [0.2, 0.25) is 0 Å². The minimum atomic E-state index is -3.39. The molecule has 2 unspecified atom stereocenters. The van der Waals surface area contributed by atoms with Crippen molar-refractivity contribution in [3.05, 3.63) is 59.4 Å². The highest BCUT2D eigenvalue weighted by atomic mass is 32.2. The van der Waals surface area contributed by atoms with E-state index in [9.17, 15) is 8.42 Å². The molecule has 132 valence electrons. The Morgan fingerprint density at radius 3 is 2.36 bits per heavy atom. The summed E-state index contributed by atoms with van der Waals surface area (Å²) >= 11 is 0. The van der Waals surface area contributed by atoms with Crippen molar-refractivity contribution in [1.29, 1.82) is 0 Å². The molecule has 3 aliphatic heterocycles. The number of piperidine rings is 1. The van der Waals surface area contributed by atoms with E-state index in [1.54, 1.807) is 16.4 Å². The second-order valence-corrected chi connectivity index (χ2v) is 9.00. The first-order chi connectivity index (χ1) is 11.9. The van der Waals surface area contributed by atoms with Gasteiger partial charge in [-0.3, -0.25) is 9.88 Å². The molecular formula is C19H23N3O2S. The molecule has 0 saturated carbocycles. The Bertz CT molecular complexity index is 868. The van der Waals surface area contributed by atoms with E-state index >= 15 is 0 Å². The molecule has 3 fully saturated rings. The van der Waals surface area contributed by atoms with Gasteiger partial charge in [-0.15, -0.1) is 0 Å². The molecule has 3 saturated heterocycles. The fourth-order valence-corrected chi connectivity index (χ4v) is 5.75. The van der Waals surface area contributed by atoms with Crippen LogP contribution in [0.15, 0.2) is 47.4 Å². The zero-order chi connectivity index (χ0) is 17.6. The van der Waals surface area contributed by atoms with Crippen molar-refractivity contribution in [2.75, 3.05) is 13.1 Å². The number of pyridine rings is 1. The van der Waals surface area contributed by atoms with Crippen molar-refractivity contribution >= 4 is 10.0 Å². The van der Waals surface area contributed by atoms with Gasteiger partial charge in [0, 0.05) is 37.4 Å². The maximum absolute atomic E-state index is 12.9. The number of benzene rings is 1. The number of piperazine rings is 1. The molecule has 2 aromatic rings. The fraction of sp³-hybridized carbons (Fsp3) is 0.421. The maximum Gasteiger partial charge on any atom is 0.243 e. The molecular weight excluding hydrogens is 334 g/mol. The van der Waals surface area contributed by atoms with Gasteiger partial charge in [0.15, 0.2) is 0 Å². The zero-order valence-electron chi connectivity index (χ0n) is 14.6. The predicted molar refractivity (Wildman–Crippen MR) is 96.6 cm³/mol. The maximum atomic E-state index is 12.9. The topological polar surface area (TPSA) is 53.5 Å². The Morgan fingerprint density at radius 2 is 1.72 bits per heavy atom. The highest BCUT2D eigenvalue weighted by Gasteiger charge is 2.50. The number of hydrogen-bond donors (Lipinski definition) is 0. The molecule has 4 heterocycles. The molecule has 0 N–H and O–H groups in total. The third kappa shape index (κ3) is 3.10. The van der Waals surface area contributed by atoms with Crippen LogP contribution < -0.4 is 0 Å². The van der Waals surface area contributed by atoms with Crippen molar-refractivity contribution in [3.8, 4) is 0 Å². The fourth-order valence-electron chi connectivity index (χ4n) is 3.93. The molecule has 0 aliphatic carbocycles. The minimum absolute atomic E-state index is 0.0786. The first kappa shape index (κ1) is 16.7. The summed E-state index contributed by atoms with van der Waals surface area (Å²) in [5.41, 5.74) is 3.14. The lowest BCUT2D eigenvalue weighted by Gasteiger charge is -2.55. The molecule has 1 aromatic heterocycles. The summed E-state index contributed by atoms with van der Waals surface area (Å²) in [6.07, 6.45) is 0.961. The van der Waals surface area contributed by atoms with Crippen LogP contribution in [0, 0.1) is 13.8 Å². The van der Waals surface area contributed by atoms with Crippen molar-refractivity contribution in [2.24, 2.45) is 0 Å². The van der Waals surface area contributed by atoms with E-state index < -0.39 is 10.0 Å². The Labute approximate surface area is 149 Å². The summed E-state index contributed by atoms with van der Waals surface area (Å²) in [6, 6.07) is 13.4. The molecule has 25 heavy (non-hydrogen) atoms. The van der Waals surface area contributed by atoms with Gasteiger partial charge in [-0.25, -0.2) is 8.42 Å². The van der Waals surface area contributed by atoms with Gasteiger partial charge in [-0.2, -0.15) is 4.31 Å². The molecule has 5 nitrogen and oxygen atoms in total. The van der Waals surface area contributed by atoms with Crippen LogP contribution in [0.4, 0.5) is 0 Å². The quantitative estimate of drug-likeness (QED) is 0.843. The van der Waals surface area contributed by atoms with E-state index in [4.69, 9.17) is 0 Å². The highest BCUT2D eigenvalue weighted by molar-refractivity contribution is 7.89. The molecule has 3 aliphatic rings. The number of aryl methyl sites for hydroxylation is 2. The Kier molecular flexibility index (Phi) is 4.14. The monoisotopic (exact) mass is 357 g/mol. The van der Waals surface area contributed by atoms with Crippen molar-refractivity contribution in [3.63, 3.8) is 0 Å². The van der Waals surface area contributed by atoms with Crippen LogP contribution >= 0.6 is 0 Å². The van der Waals surface area contributed by atoms with Crippen LogP contribution in [-0.2, 0) is 16.6 Å². The van der Waals surface area contributed by atoms with E-state index in [-0.39, 0.29) is 12.1 Å². The van der Waals surface area contributed by atoms with E-state index in [1.807, 2.05) is 44.2 Å². The molecule has 2 atom stereocenters. The SMILES string of the molecule is Cc1ccc(S(=O)(=O)N2C3CC2CN(Cc2cccc(C)n2)C3)cc1. The Hall–Kier alpha value is -1.76. The average Bonchev–Trinajstić information content (AvgIpc) is 2.54.